The van der Waals surface area contributed by atoms with Crippen LogP contribution in [0.4, 0.5) is 18.0 Å². The van der Waals surface area contributed by atoms with E-state index < -0.39 is 30.0 Å². The first kappa shape index (κ1) is 31.2. The SMILES string of the molecule is C#Sn1ncc2c3c(F)c(-c4ccccc4C)n(Cc4ccc(CCN(CCCF)C(=O)OC(C)(C)C)cc4F)c3ccc21. The minimum atomic E-state index is -0.687. The Hall–Kier alpha value is -4.27. The van der Waals surface area contributed by atoms with Crippen molar-refractivity contribution in [3.05, 3.63) is 89.1 Å². The first-order valence-electron chi connectivity index (χ1n) is 14.4. The number of aromatic nitrogens is 3. The molecule has 2 heterocycles. The van der Waals surface area contributed by atoms with Gasteiger partial charge in [-0.2, -0.15) is 9.19 Å². The summed E-state index contributed by atoms with van der Waals surface area (Å²) in [4.78, 5) is 14.1. The van der Waals surface area contributed by atoms with Gasteiger partial charge in [0.25, 0.3) is 0 Å². The largest absolute Gasteiger partial charge is 0.444 e. The lowest BCUT2D eigenvalue weighted by atomic mass is 10.0. The van der Waals surface area contributed by atoms with Crippen molar-refractivity contribution in [1.82, 2.24) is 18.7 Å². The summed E-state index contributed by atoms with van der Waals surface area (Å²) >= 11 is 0.930. The summed E-state index contributed by atoms with van der Waals surface area (Å²) in [5.41, 5.74) is 9.38. The fraction of sp³-hybridized carbons (Fsp3) is 0.324. The normalized spacial score (nSPS) is 11.8. The van der Waals surface area contributed by atoms with Gasteiger partial charge in [0, 0.05) is 46.3 Å². The first-order chi connectivity index (χ1) is 21.0. The average Bonchev–Trinajstić information content (AvgIpc) is 3.52. The standard InChI is InChI=1S/C34H35F3N4O2S/c1-22-9-6-7-10-25(22)32-31(37)30-26-20-38-41(44-5)28(26)13-14-29(30)40(32)21-24-12-11-23(19-27(24)36)15-18-39(17-8-16-35)33(42)43-34(2,3)4/h5-7,9-14,19-20H,8,15-18,21H2,1-4H3. The van der Waals surface area contributed by atoms with Gasteiger partial charge >= 0.3 is 6.09 Å². The number of hydrogen-bond donors (Lipinski definition) is 0. The van der Waals surface area contributed by atoms with Crippen molar-refractivity contribution in [3.8, 4) is 16.9 Å². The third-order valence-electron chi connectivity index (χ3n) is 7.52. The molecule has 0 N–H and O–H groups in total. The van der Waals surface area contributed by atoms with Crippen LogP contribution in [0.5, 0.6) is 0 Å². The van der Waals surface area contributed by atoms with Crippen LogP contribution >= 0.6 is 11.4 Å². The van der Waals surface area contributed by atoms with E-state index >= 15 is 8.78 Å². The molecule has 1 amide bonds. The molecule has 0 unspecified atom stereocenters. The summed E-state index contributed by atoms with van der Waals surface area (Å²) in [5.74, 6) is -0.851. The Morgan fingerprint density at radius 3 is 2.50 bits per heavy atom. The number of carbonyl (C=O) groups is 1. The van der Waals surface area contributed by atoms with Gasteiger partial charge in [-0.05, 0) is 69.9 Å². The molecule has 0 aliphatic heterocycles. The van der Waals surface area contributed by atoms with Gasteiger partial charge in [0.1, 0.15) is 11.4 Å². The number of aryl methyl sites for hydroxylation is 1. The molecule has 0 aliphatic rings. The highest BCUT2D eigenvalue weighted by molar-refractivity contribution is 7.86. The Morgan fingerprint density at radius 1 is 1.07 bits per heavy atom. The maximum Gasteiger partial charge on any atom is 0.410 e. The predicted molar refractivity (Wildman–Crippen MR) is 171 cm³/mol. The second-order valence-corrected chi connectivity index (χ2v) is 12.3. The van der Waals surface area contributed by atoms with E-state index in [1.165, 1.54) is 15.1 Å². The molecular weight excluding hydrogens is 585 g/mol. The number of benzene rings is 3. The number of amides is 1. The molecule has 0 atom stereocenters. The van der Waals surface area contributed by atoms with Gasteiger partial charge < -0.3 is 14.2 Å². The Bertz CT molecular complexity index is 1880. The molecule has 0 saturated heterocycles. The zero-order valence-electron chi connectivity index (χ0n) is 25.2. The Balaban J connectivity index is 1.49. The van der Waals surface area contributed by atoms with Gasteiger partial charge in [-0.3, -0.25) is 4.39 Å². The third kappa shape index (κ3) is 6.32. The maximum atomic E-state index is 16.4. The molecule has 230 valence electrons. The number of alkyl halides is 1. The lowest BCUT2D eigenvalue weighted by Gasteiger charge is -2.27. The van der Waals surface area contributed by atoms with E-state index in [-0.39, 0.29) is 26.1 Å². The van der Waals surface area contributed by atoms with Crippen LogP contribution in [0.15, 0.2) is 60.8 Å². The van der Waals surface area contributed by atoms with E-state index in [4.69, 9.17) is 10.4 Å². The molecule has 2 aromatic heterocycles. The summed E-state index contributed by atoms with van der Waals surface area (Å²) in [6.07, 6.45) is 1.61. The summed E-state index contributed by atoms with van der Waals surface area (Å²) in [5, 5.41) is 5.30. The van der Waals surface area contributed by atoms with E-state index in [9.17, 15) is 9.18 Å². The van der Waals surface area contributed by atoms with Crippen LogP contribution in [0.25, 0.3) is 33.1 Å². The summed E-state index contributed by atoms with van der Waals surface area (Å²) < 4.78 is 53.8. The molecular formula is C34H35F3N4O2S. The minimum Gasteiger partial charge on any atom is -0.444 e. The molecule has 0 fully saturated rings. The summed E-state index contributed by atoms with van der Waals surface area (Å²) in [7, 11) is 0. The number of fused-ring (bicyclic) bond motifs is 3. The number of halogens is 3. The van der Waals surface area contributed by atoms with Crippen molar-refractivity contribution >= 4 is 39.3 Å². The van der Waals surface area contributed by atoms with Gasteiger partial charge in [-0.25, -0.2) is 13.6 Å². The van der Waals surface area contributed by atoms with Crippen LogP contribution in [-0.2, 0) is 17.7 Å². The number of hydrogen-bond acceptors (Lipinski definition) is 3. The van der Waals surface area contributed by atoms with E-state index in [1.807, 2.05) is 43.3 Å². The van der Waals surface area contributed by atoms with Crippen molar-refractivity contribution in [2.75, 3.05) is 19.8 Å². The second-order valence-electron chi connectivity index (χ2n) is 11.8. The molecule has 0 bridgehead atoms. The number of carbonyl (C=O) groups excluding carboxylic acids is 1. The highest BCUT2D eigenvalue weighted by Gasteiger charge is 2.25. The lowest BCUT2D eigenvalue weighted by Crippen LogP contribution is -2.38. The van der Waals surface area contributed by atoms with Crippen molar-refractivity contribution in [1.29, 1.82) is 0 Å². The van der Waals surface area contributed by atoms with Crippen molar-refractivity contribution in [2.24, 2.45) is 0 Å². The third-order valence-corrected chi connectivity index (χ3v) is 8.01. The van der Waals surface area contributed by atoms with Gasteiger partial charge in [-0.15, -0.1) is 0 Å². The highest BCUT2D eigenvalue weighted by atomic mass is 32.1. The summed E-state index contributed by atoms with van der Waals surface area (Å²) in [6, 6.07) is 16.1. The first-order valence-corrected chi connectivity index (χ1v) is 15.3. The fourth-order valence-electron chi connectivity index (χ4n) is 5.41. The van der Waals surface area contributed by atoms with Gasteiger partial charge in [-0.1, -0.05) is 42.1 Å². The van der Waals surface area contributed by atoms with Crippen LogP contribution in [0.2, 0.25) is 0 Å². The number of nitrogens with zero attached hydrogens (tertiary/aromatic N) is 4. The predicted octanol–water partition coefficient (Wildman–Crippen LogP) is 8.52. The molecule has 0 spiro atoms. The van der Waals surface area contributed by atoms with E-state index in [0.717, 1.165) is 16.9 Å². The van der Waals surface area contributed by atoms with E-state index in [2.05, 4.69) is 5.10 Å². The minimum absolute atomic E-state index is 0.0853. The smallest absolute Gasteiger partial charge is 0.410 e. The van der Waals surface area contributed by atoms with Crippen LogP contribution < -0.4 is 0 Å². The monoisotopic (exact) mass is 620 g/mol. The zero-order chi connectivity index (χ0) is 31.6. The van der Waals surface area contributed by atoms with Crippen LogP contribution in [0.1, 0.15) is 43.9 Å². The molecule has 10 heteroatoms. The Labute approximate surface area is 258 Å². The fourth-order valence-corrected chi connectivity index (χ4v) is 5.79. The van der Waals surface area contributed by atoms with E-state index in [1.54, 1.807) is 43.7 Å². The average molecular weight is 621 g/mol. The van der Waals surface area contributed by atoms with E-state index in [0.29, 0.717) is 50.6 Å². The maximum absolute atomic E-state index is 16.4. The number of rotatable bonds is 9. The molecule has 44 heavy (non-hydrogen) atoms. The number of ether oxygens (including phenoxy) is 1. The van der Waals surface area contributed by atoms with Gasteiger partial charge in [0.2, 0.25) is 0 Å². The zero-order valence-corrected chi connectivity index (χ0v) is 26.1. The van der Waals surface area contributed by atoms with Crippen molar-refractivity contribution in [3.63, 3.8) is 0 Å². The van der Waals surface area contributed by atoms with Gasteiger partial charge in [0.15, 0.2) is 5.82 Å². The molecule has 6 nitrogen and oxygen atoms in total. The van der Waals surface area contributed by atoms with Crippen LogP contribution in [0.3, 0.4) is 0 Å². The lowest BCUT2D eigenvalue weighted by molar-refractivity contribution is 0.0247. The molecule has 5 aromatic rings. The second kappa shape index (κ2) is 12.8. The Kier molecular flexibility index (Phi) is 9.04. The molecule has 3 aromatic carbocycles. The summed E-state index contributed by atoms with van der Waals surface area (Å²) in [6.45, 7) is 7.21. The van der Waals surface area contributed by atoms with Gasteiger partial charge in [0.05, 0.1) is 36.1 Å². The molecule has 0 aliphatic carbocycles. The highest BCUT2D eigenvalue weighted by Crippen LogP contribution is 2.38. The van der Waals surface area contributed by atoms with Crippen LogP contribution in [0, 0.1) is 24.2 Å². The molecule has 0 saturated carbocycles. The Morgan fingerprint density at radius 2 is 1.82 bits per heavy atom. The topological polar surface area (TPSA) is 52.3 Å². The molecule has 0 radical (unpaired) electrons. The van der Waals surface area contributed by atoms with Crippen molar-refractivity contribution in [2.45, 2.75) is 52.7 Å². The molecule has 5 rings (SSSR count). The van der Waals surface area contributed by atoms with Crippen LogP contribution in [-0.4, -0.2) is 50.1 Å². The van der Waals surface area contributed by atoms with Crippen molar-refractivity contribution < 1.29 is 22.7 Å². The quantitative estimate of drug-likeness (QED) is 0.166.